The number of carbonyl (C=O) groups excluding carboxylic acids is 2. The van der Waals surface area contributed by atoms with Gasteiger partial charge in [0.15, 0.2) is 16.7 Å². The van der Waals surface area contributed by atoms with Crippen molar-refractivity contribution in [2.75, 3.05) is 4.90 Å². The maximum Gasteiger partial charge on any atom is 0.296 e. The van der Waals surface area contributed by atoms with E-state index in [-0.39, 0.29) is 11.1 Å². The Kier molecular flexibility index (Phi) is 5.02. The van der Waals surface area contributed by atoms with Crippen molar-refractivity contribution in [2.24, 2.45) is 0 Å². The smallest absolute Gasteiger partial charge is 0.296 e. The molecule has 1 N–H and O–H groups in total. The Hall–Kier alpha value is -3.91. The Morgan fingerprint density at radius 2 is 1.79 bits per heavy atom. The molecule has 2 aromatic heterocycles. The molecule has 33 heavy (non-hydrogen) atoms. The van der Waals surface area contributed by atoms with Crippen LogP contribution in [0.15, 0.2) is 72.3 Å². The van der Waals surface area contributed by atoms with Crippen LogP contribution in [0.4, 0.5) is 9.52 Å². The molecule has 0 aliphatic carbocycles. The largest absolute Gasteiger partial charge is 0.503 e. The summed E-state index contributed by atoms with van der Waals surface area (Å²) >= 11 is 1.30. The molecule has 1 unspecified atom stereocenters. The van der Waals surface area contributed by atoms with Crippen molar-refractivity contribution in [3.05, 3.63) is 100 Å². The van der Waals surface area contributed by atoms with Crippen molar-refractivity contribution in [1.82, 2.24) is 9.97 Å². The average molecular weight is 460 g/mol. The summed E-state index contributed by atoms with van der Waals surface area (Å²) in [6.45, 7) is 3.92. The van der Waals surface area contributed by atoms with Crippen LogP contribution in [-0.4, -0.2) is 26.8 Å². The number of aliphatic hydroxyl groups is 1. The standard InChI is InChI=1S/C25H18FN3O3S/c1-13-11-14(2)20-18(12-13)33-25(28-20)29-21(15-3-5-17(26)6-4-15)19(23(31)24(29)32)22(30)16-7-9-27-10-8-16/h3-12,21,31H,1-2H3. The highest BCUT2D eigenvalue weighted by Gasteiger charge is 2.46. The summed E-state index contributed by atoms with van der Waals surface area (Å²) in [5.74, 6) is -2.32. The van der Waals surface area contributed by atoms with E-state index in [1.807, 2.05) is 26.0 Å². The summed E-state index contributed by atoms with van der Waals surface area (Å²) in [5.41, 5.74) is 3.46. The third kappa shape index (κ3) is 3.48. The van der Waals surface area contributed by atoms with Crippen LogP contribution in [0.5, 0.6) is 0 Å². The van der Waals surface area contributed by atoms with E-state index >= 15 is 0 Å². The molecular weight excluding hydrogens is 441 g/mol. The maximum absolute atomic E-state index is 13.7. The fourth-order valence-corrected chi connectivity index (χ4v) is 5.28. The summed E-state index contributed by atoms with van der Waals surface area (Å²) in [7, 11) is 0. The van der Waals surface area contributed by atoms with Crippen molar-refractivity contribution in [1.29, 1.82) is 0 Å². The Labute approximate surface area is 192 Å². The monoisotopic (exact) mass is 459 g/mol. The van der Waals surface area contributed by atoms with Gasteiger partial charge in [0.05, 0.1) is 21.8 Å². The zero-order valence-electron chi connectivity index (χ0n) is 17.7. The minimum Gasteiger partial charge on any atom is -0.503 e. The number of carbonyl (C=O) groups is 2. The molecule has 0 fully saturated rings. The summed E-state index contributed by atoms with van der Waals surface area (Å²) < 4.78 is 14.6. The summed E-state index contributed by atoms with van der Waals surface area (Å²) in [5, 5.41) is 11.2. The average Bonchev–Trinajstić information content (AvgIpc) is 3.33. The first-order chi connectivity index (χ1) is 15.8. The number of hydrogen-bond acceptors (Lipinski definition) is 6. The lowest BCUT2D eigenvalue weighted by atomic mass is 9.93. The predicted octanol–water partition coefficient (Wildman–Crippen LogP) is 5.23. The number of aliphatic hydroxyl groups excluding tert-OH is 1. The Balaban J connectivity index is 1.69. The van der Waals surface area contributed by atoms with E-state index in [1.165, 1.54) is 65.0 Å². The number of halogens is 1. The van der Waals surface area contributed by atoms with Gasteiger partial charge >= 0.3 is 0 Å². The second-order valence-corrected chi connectivity index (χ2v) is 8.89. The van der Waals surface area contributed by atoms with Gasteiger partial charge in [-0.05, 0) is 60.9 Å². The van der Waals surface area contributed by atoms with Crippen molar-refractivity contribution < 1.29 is 19.1 Å². The number of rotatable bonds is 4. The number of anilines is 1. The van der Waals surface area contributed by atoms with Crippen LogP contribution >= 0.6 is 11.3 Å². The molecule has 164 valence electrons. The lowest BCUT2D eigenvalue weighted by Crippen LogP contribution is -2.31. The molecule has 1 aliphatic rings. The molecule has 0 spiro atoms. The third-order valence-corrected chi connectivity index (χ3v) is 6.61. The van der Waals surface area contributed by atoms with Gasteiger partial charge in [0.1, 0.15) is 5.82 Å². The van der Waals surface area contributed by atoms with Gasteiger partial charge in [-0.25, -0.2) is 9.37 Å². The first-order valence-corrected chi connectivity index (χ1v) is 11.0. The minimum absolute atomic E-state index is 0.0787. The number of amides is 1. The molecule has 6 nitrogen and oxygen atoms in total. The zero-order chi connectivity index (χ0) is 23.3. The summed E-state index contributed by atoms with van der Waals surface area (Å²) in [6.07, 6.45) is 2.93. The highest BCUT2D eigenvalue weighted by molar-refractivity contribution is 7.22. The fraction of sp³-hybridized carbons (Fsp3) is 0.120. The number of nitrogens with zero attached hydrogens (tertiary/aromatic N) is 3. The molecule has 3 heterocycles. The van der Waals surface area contributed by atoms with Crippen LogP contribution in [0.1, 0.15) is 33.1 Å². The predicted molar refractivity (Wildman–Crippen MR) is 124 cm³/mol. The van der Waals surface area contributed by atoms with E-state index in [2.05, 4.69) is 9.97 Å². The third-order valence-electron chi connectivity index (χ3n) is 5.61. The van der Waals surface area contributed by atoms with Gasteiger partial charge in [0.2, 0.25) is 0 Å². The van der Waals surface area contributed by atoms with Gasteiger partial charge in [-0.2, -0.15) is 0 Å². The van der Waals surface area contributed by atoms with Crippen LogP contribution in [-0.2, 0) is 4.79 Å². The molecule has 8 heteroatoms. The van der Waals surface area contributed by atoms with Gasteiger partial charge in [0.25, 0.3) is 5.91 Å². The molecule has 4 aromatic rings. The molecule has 1 amide bonds. The van der Waals surface area contributed by atoms with E-state index in [9.17, 15) is 19.1 Å². The summed E-state index contributed by atoms with van der Waals surface area (Å²) in [6, 6.07) is 11.6. The van der Waals surface area contributed by atoms with Crippen molar-refractivity contribution in [3.8, 4) is 0 Å². The molecule has 1 atom stereocenters. The zero-order valence-corrected chi connectivity index (χ0v) is 18.6. The quantitative estimate of drug-likeness (QED) is 0.423. The fourth-order valence-electron chi connectivity index (χ4n) is 4.12. The van der Waals surface area contributed by atoms with Gasteiger partial charge in [-0.15, -0.1) is 0 Å². The Morgan fingerprint density at radius 1 is 1.09 bits per heavy atom. The number of pyridine rings is 1. The normalized spacial score (nSPS) is 16.2. The van der Waals surface area contributed by atoms with E-state index in [0.717, 1.165) is 21.3 Å². The minimum atomic E-state index is -0.958. The number of ketones is 1. The van der Waals surface area contributed by atoms with Crippen LogP contribution in [0.2, 0.25) is 0 Å². The first kappa shape index (κ1) is 21.0. The van der Waals surface area contributed by atoms with Crippen molar-refractivity contribution in [3.63, 3.8) is 0 Å². The van der Waals surface area contributed by atoms with Crippen molar-refractivity contribution in [2.45, 2.75) is 19.9 Å². The van der Waals surface area contributed by atoms with E-state index in [1.54, 1.807) is 0 Å². The van der Waals surface area contributed by atoms with Crippen LogP contribution < -0.4 is 4.90 Å². The molecule has 0 radical (unpaired) electrons. The maximum atomic E-state index is 13.7. The second-order valence-electron chi connectivity index (χ2n) is 7.88. The molecule has 0 saturated heterocycles. The topological polar surface area (TPSA) is 83.4 Å². The van der Waals surface area contributed by atoms with Gasteiger partial charge < -0.3 is 5.11 Å². The molecular formula is C25H18FN3O3S. The molecule has 0 bridgehead atoms. The SMILES string of the molecule is Cc1cc(C)c2nc(N3C(=O)C(O)=C(C(=O)c4ccncc4)C3c3ccc(F)cc3)sc2c1. The van der Waals surface area contributed by atoms with Gasteiger partial charge in [-0.3, -0.25) is 19.5 Å². The van der Waals surface area contributed by atoms with Crippen LogP contribution in [0.3, 0.4) is 0 Å². The van der Waals surface area contributed by atoms with Gasteiger partial charge in [0, 0.05) is 18.0 Å². The number of Topliss-reactive ketones (excluding diaryl/α,β-unsaturated/α-hetero) is 1. The van der Waals surface area contributed by atoms with Gasteiger partial charge in [-0.1, -0.05) is 29.5 Å². The Bertz CT molecular complexity index is 1450. The lowest BCUT2D eigenvalue weighted by Gasteiger charge is -2.24. The Morgan fingerprint density at radius 3 is 2.48 bits per heavy atom. The number of aryl methyl sites for hydroxylation is 2. The first-order valence-electron chi connectivity index (χ1n) is 10.2. The highest BCUT2D eigenvalue weighted by atomic mass is 32.1. The number of hydrogen-bond donors (Lipinski definition) is 1. The lowest BCUT2D eigenvalue weighted by molar-refractivity contribution is -0.117. The number of fused-ring (bicyclic) bond motifs is 1. The molecule has 0 saturated carbocycles. The number of benzene rings is 2. The highest BCUT2D eigenvalue weighted by Crippen LogP contribution is 2.44. The number of aromatic nitrogens is 2. The van der Waals surface area contributed by atoms with E-state index < -0.39 is 29.3 Å². The van der Waals surface area contributed by atoms with Crippen LogP contribution in [0, 0.1) is 19.7 Å². The molecule has 1 aliphatic heterocycles. The number of thiazole rings is 1. The van der Waals surface area contributed by atoms with E-state index in [0.29, 0.717) is 10.7 Å². The summed E-state index contributed by atoms with van der Waals surface area (Å²) in [4.78, 5) is 36.6. The van der Waals surface area contributed by atoms with Crippen LogP contribution in [0.25, 0.3) is 10.2 Å². The molecule has 5 rings (SSSR count). The van der Waals surface area contributed by atoms with Crippen molar-refractivity contribution >= 4 is 38.4 Å². The van der Waals surface area contributed by atoms with E-state index in [4.69, 9.17) is 0 Å². The molecule has 2 aromatic carbocycles. The second kappa shape index (κ2) is 7.90.